The first-order chi connectivity index (χ1) is 5.04. The summed E-state index contributed by atoms with van der Waals surface area (Å²) >= 11 is 0. The van der Waals surface area contributed by atoms with Crippen LogP contribution < -0.4 is 0 Å². The van der Waals surface area contributed by atoms with Gasteiger partial charge in [-0.25, -0.2) is 0 Å². The topological polar surface area (TPSA) is 0 Å². The normalized spacial score (nSPS) is 22.1. The molecule has 0 aliphatic heterocycles. The van der Waals surface area contributed by atoms with Crippen molar-refractivity contribution < 1.29 is 0 Å². The van der Waals surface area contributed by atoms with Gasteiger partial charge in [0.25, 0.3) is 0 Å². The average Bonchev–Trinajstić information content (AvgIpc) is 1.85. The van der Waals surface area contributed by atoms with E-state index in [4.69, 9.17) is 0 Å². The van der Waals surface area contributed by atoms with Crippen LogP contribution in [0.1, 0.15) is 34.1 Å². The molecule has 0 radical (unpaired) electrons. The van der Waals surface area contributed by atoms with Crippen molar-refractivity contribution >= 4 is 0 Å². The van der Waals surface area contributed by atoms with Crippen molar-refractivity contribution in [3.8, 4) is 0 Å². The number of hydrogen-bond donors (Lipinski definition) is 0. The van der Waals surface area contributed by atoms with Gasteiger partial charge >= 0.3 is 0 Å². The fourth-order valence-electron chi connectivity index (χ4n) is 1.90. The van der Waals surface area contributed by atoms with E-state index in [2.05, 4.69) is 45.9 Å². The summed E-state index contributed by atoms with van der Waals surface area (Å²) in [6.07, 6.45) is 8.07. The number of allylic oxidation sites excluding steroid dienone is 4. The van der Waals surface area contributed by atoms with Crippen molar-refractivity contribution in [1.29, 1.82) is 0 Å². The molecule has 0 aromatic carbocycles. The third-order valence-corrected chi connectivity index (χ3v) is 2.37. The molecule has 0 heteroatoms. The molecule has 0 saturated heterocycles. The average molecular weight is 150 g/mol. The highest BCUT2D eigenvalue weighted by Crippen LogP contribution is 2.36. The molecular weight excluding hydrogens is 132 g/mol. The van der Waals surface area contributed by atoms with E-state index in [1.807, 2.05) is 0 Å². The van der Waals surface area contributed by atoms with Crippen LogP contribution in [-0.2, 0) is 0 Å². The zero-order chi connectivity index (χ0) is 8.48. The highest BCUT2D eigenvalue weighted by atomic mass is 14.3. The van der Waals surface area contributed by atoms with Gasteiger partial charge in [-0.1, -0.05) is 51.5 Å². The van der Waals surface area contributed by atoms with Gasteiger partial charge in [-0.2, -0.15) is 0 Å². The molecule has 0 unspecified atom stereocenters. The van der Waals surface area contributed by atoms with E-state index < -0.39 is 0 Å². The third-order valence-electron chi connectivity index (χ3n) is 2.37. The minimum atomic E-state index is 0.298. The maximum atomic E-state index is 2.37. The molecule has 62 valence electrons. The molecule has 0 aromatic rings. The quantitative estimate of drug-likeness (QED) is 0.501. The van der Waals surface area contributed by atoms with E-state index in [-0.39, 0.29) is 0 Å². The van der Waals surface area contributed by atoms with Crippen LogP contribution in [0.15, 0.2) is 23.8 Å². The van der Waals surface area contributed by atoms with Crippen molar-refractivity contribution in [2.24, 2.45) is 11.3 Å². The monoisotopic (exact) mass is 150 g/mol. The molecule has 0 spiro atoms. The molecule has 0 bridgehead atoms. The summed E-state index contributed by atoms with van der Waals surface area (Å²) in [5.74, 6) is 0.690. The molecule has 1 rings (SSSR count). The summed E-state index contributed by atoms with van der Waals surface area (Å²) in [4.78, 5) is 0. The molecule has 0 heterocycles. The second-order valence-corrected chi connectivity index (χ2v) is 4.17. The Morgan fingerprint density at radius 3 is 2.36 bits per heavy atom. The van der Waals surface area contributed by atoms with Crippen LogP contribution in [0.5, 0.6) is 0 Å². The molecule has 0 fully saturated rings. The number of rotatable bonds is 1. The van der Waals surface area contributed by atoms with Gasteiger partial charge in [-0.15, -0.1) is 0 Å². The summed E-state index contributed by atoms with van der Waals surface area (Å²) in [5.41, 5.74) is 1.88. The SMILES string of the molecule is CC(C)C1=CCC=CC1(C)C. The highest BCUT2D eigenvalue weighted by molar-refractivity contribution is 5.26. The molecule has 0 aromatic heterocycles. The Kier molecular flexibility index (Phi) is 2.22. The molecule has 1 aliphatic rings. The Hall–Kier alpha value is -0.520. The molecule has 0 amide bonds. The predicted molar refractivity (Wildman–Crippen MR) is 50.5 cm³/mol. The van der Waals surface area contributed by atoms with Gasteiger partial charge in [0.2, 0.25) is 0 Å². The summed E-state index contributed by atoms with van der Waals surface area (Å²) in [6, 6.07) is 0. The van der Waals surface area contributed by atoms with Crippen molar-refractivity contribution in [3.63, 3.8) is 0 Å². The van der Waals surface area contributed by atoms with Crippen LogP contribution in [0.4, 0.5) is 0 Å². The van der Waals surface area contributed by atoms with Crippen molar-refractivity contribution in [3.05, 3.63) is 23.8 Å². The smallest absolute Gasteiger partial charge is 0.00370 e. The Labute approximate surface area is 70.0 Å². The van der Waals surface area contributed by atoms with E-state index >= 15 is 0 Å². The summed E-state index contributed by atoms with van der Waals surface area (Å²) < 4.78 is 0. The Morgan fingerprint density at radius 2 is 2.00 bits per heavy atom. The minimum absolute atomic E-state index is 0.298. The van der Waals surface area contributed by atoms with Crippen molar-refractivity contribution in [1.82, 2.24) is 0 Å². The minimum Gasteiger partial charge on any atom is -0.0839 e. The van der Waals surface area contributed by atoms with Crippen LogP contribution in [0, 0.1) is 11.3 Å². The zero-order valence-electron chi connectivity index (χ0n) is 8.02. The van der Waals surface area contributed by atoms with E-state index in [0.29, 0.717) is 11.3 Å². The first-order valence-electron chi connectivity index (χ1n) is 4.42. The zero-order valence-corrected chi connectivity index (χ0v) is 8.02. The van der Waals surface area contributed by atoms with Gasteiger partial charge < -0.3 is 0 Å². The van der Waals surface area contributed by atoms with Gasteiger partial charge in [0.1, 0.15) is 0 Å². The van der Waals surface area contributed by atoms with E-state index in [1.54, 1.807) is 5.57 Å². The summed E-state index contributed by atoms with van der Waals surface area (Å²) in [7, 11) is 0. The highest BCUT2D eigenvalue weighted by Gasteiger charge is 2.23. The maximum absolute atomic E-state index is 2.37. The van der Waals surface area contributed by atoms with Gasteiger partial charge in [-0.05, 0) is 12.3 Å². The van der Waals surface area contributed by atoms with Crippen molar-refractivity contribution in [2.45, 2.75) is 34.1 Å². The molecule has 11 heavy (non-hydrogen) atoms. The summed E-state index contributed by atoms with van der Waals surface area (Å²) in [5, 5.41) is 0. The van der Waals surface area contributed by atoms with Gasteiger partial charge in [0, 0.05) is 5.41 Å². The molecule has 0 nitrogen and oxygen atoms in total. The largest absolute Gasteiger partial charge is 0.0839 e. The lowest BCUT2D eigenvalue weighted by Crippen LogP contribution is -2.17. The fraction of sp³-hybridized carbons (Fsp3) is 0.636. The third kappa shape index (κ3) is 1.74. The van der Waals surface area contributed by atoms with E-state index in [1.165, 1.54) is 0 Å². The molecule has 1 aliphatic carbocycles. The van der Waals surface area contributed by atoms with E-state index in [9.17, 15) is 0 Å². The van der Waals surface area contributed by atoms with Gasteiger partial charge in [0.05, 0.1) is 0 Å². The van der Waals surface area contributed by atoms with Crippen molar-refractivity contribution in [2.75, 3.05) is 0 Å². The maximum Gasteiger partial charge on any atom is 0.00370 e. The second kappa shape index (κ2) is 2.84. The first kappa shape index (κ1) is 8.58. The van der Waals surface area contributed by atoms with Gasteiger partial charge in [0.15, 0.2) is 0 Å². The molecule has 0 saturated carbocycles. The standard InChI is InChI=1S/C11H18/c1-9(2)10-7-5-6-8-11(10,3)4/h6-9H,5H2,1-4H3. The van der Waals surface area contributed by atoms with Crippen LogP contribution in [-0.4, -0.2) is 0 Å². The fourth-order valence-corrected chi connectivity index (χ4v) is 1.90. The summed E-state index contributed by atoms with van der Waals surface area (Å²) in [6.45, 7) is 9.11. The predicted octanol–water partition coefficient (Wildman–Crippen LogP) is 3.55. The Bertz CT molecular complexity index is 192. The second-order valence-electron chi connectivity index (χ2n) is 4.17. The number of hydrogen-bond acceptors (Lipinski definition) is 0. The lowest BCUT2D eigenvalue weighted by atomic mass is 9.75. The molecule has 0 N–H and O–H groups in total. The van der Waals surface area contributed by atoms with E-state index in [0.717, 1.165) is 6.42 Å². The van der Waals surface area contributed by atoms with Gasteiger partial charge in [-0.3, -0.25) is 0 Å². The molecular formula is C11H18. The Balaban J connectivity index is 2.86. The van der Waals surface area contributed by atoms with Crippen LogP contribution in [0.2, 0.25) is 0 Å². The molecule has 0 atom stereocenters. The van der Waals surface area contributed by atoms with Crippen LogP contribution in [0.3, 0.4) is 0 Å². The first-order valence-corrected chi connectivity index (χ1v) is 4.42. The van der Waals surface area contributed by atoms with Crippen LogP contribution in [0.25, 0.3) is 0 Å². The Morgan fingerprint density at radius 1 is 1.36 bits per heavy atom. The van der Waals surface area contributed by atoms with Crippen LogP contribution >= 0.6 is 0 Å². The lowest BCUT2D eigenvalue weighted by molar-refractivity contribution is 0.496. The lowest BCUT2D eigenvalue weighted by Gasteiger charge is -2.30.